The van der Waals surface area contributed by atoms with E-state index in [2.05, 4.69) is 21.6 Å². The molecular formula is C19H25Cl2N3O2S. The quantitative estimate of drug-likeness (QED) is 0.373. The third-order valence-corrected chi connectivity index (χ3v) is 4.81. The zero-order valence-corrected chi connectivity index (χ0v) is 18.1. The number of thiocarbonyl (C=S) groups is 1. The van der Waals surface area contributed by atoms with Crippen molar-refractivity contribution >= 4 is 52.2 Å². The van der Waals surface area contributed by atoms with Crippen LogP contribution in [0.5, 0.6) is 0 Å². The van der Waals surface area contributed by atoms with Gasteiger partial charge in [0, 0.05) is 36.2 Å². The second-order valence-electron chi connectivity index (χ2n) is 6.26. The highest BCUT2D eigenvalue weighted by Gasteiger charge is 2.31. The smallest absolute Gasteiger partial charge is 0.338 e. The molecule has 0 aromatic heterocycles. The Hall–Kier alpha value is -1.50. The molecule has 1 aliphatic heterocycles. The molecule has 1 aromatic rings. The number of carbonyl (C=O) groups is 1. The van der Waals surface area contributed by atoms with Crippen LogP contribution in [0, 0.1) is 6.92 Å². The number of allylic oxidation sites excluding steroid dienone is 1. The molecule has 1 aliphatic rings. The lowest BCUT2D eigenvalue weighted by Crippen LogP contribution is -2.45. The summed E-state index contributed by atoms with van der Waals surface area (Å²) in [6.45, 7) is 7.33. The fourth-order valence-corrected chi connectivity index (χ4v) is 3.82. The summed E-state index contributed by atoms with van der Waals surface area (Å²) in [7, 11) is 0. The van der Waals surface area contributed by atoms with Crippen LogP contribution >= 0.6 is 35.4 Å². The van der Waals surface area contributed by atoms with Crippen molar-refractivity contribution in [1.29, 1.82) is 0 Å². The molecule has 0 spiro atoms. The van der Waals surface area contributed by atoms with Gasteiger partial charge in [-0.2, -0.15) is 0 Å². The molecule has 1 heterocycles. The first-order valence-corrected chi connectivity index (χ1v) is 10.3. The number of esters is 1. The summed E-state index contributed by atoms with van der Waals surface area (Å²) in [6, 6.07) is 5.79. The molecule has 0 amide bonds. The maximum absolute atomic E-state index is 12.6. The predicted molar refractivity (Wildman–Crippen MR) is 116 cm³/mol. The van der Waals surface area contributed by atoms with Crippen molar-refractivity contribution in [2.75, 3.05) is 36.4 Å². The van der Waals surface area contributed by atoms with Crippen molar-refractivity contribution < 1.29 is 9.53 Å². The number of ether oxygens (including phenoxy) is 1. The third kappa shape index (κ3) is 5.50. The molecule has 2 rings (SSSR count). The molecule has 0 fully saturated rings. The first-order chi connectivity index (χ1) is 12.9. The van der Waals surface area contributed by atoms with E-state index in [9.17, 15) is 4.79 Å². The average molecular weight is 430 g/mol. The Morgan fingerprint density at radius 2 is 1.89 bits per heavy atom. The van der Waals surface area contributed by atoms with E-state index >= 15 is 0 Å². The normalized spacial score (nSPS) is 16.6. The van der Waals surface area contributed by atoms with E-state index in [-0.39, 0.29) is 12.0 Å². The van der Waals surface area contributed by atoms with Gasteiger partial charge in [-0.05, 0) is 56.2 Å². The van der Waals surface area contributed by atoms with Gasteiger partial charge in [-0.1, -0.05) is 6.07 Å². The number of anilines is 1. The Morgan fingerprint density at radius 3 is 2.48 bits per heavy atom. The molecule has 1 atom stereocenters. The molecule has 0 radical (unpaired) electrons. The van der Waals surface area contributed by atoms with Crippen molar-refractivity contribution in [1.82, 2.24) is 10.6 Å². The fraction of sp³-hybridized carbons (Fsp3) is 0.474. The Bertz CT molecular complexity index is 734. The van der Waals surface area contributed by atoms with Crippen LogP contribution in [-0.2, 0) is 9.53 Å². The van der Waals surface area contributed by atoms with Crippen LogP contribution in [0.15, 0.2) is 29.5 Å². The fourth-order valence-electron chi connectivity index (χ4n) is 3.14. The van der Waals surface area contributed by atoms with Gasteiger partial charge >= 0.3 is 5.97 Å². The minimum atomic E-state index is -0.384. The highest BCUT2D eigenvalue weighted by Crippen LogP contribution is 2.31. The standard InChI is InChI=1S/C19H25Cl2N3O2S/c1-4-26-18(25)16-13(3)22-19(27)23-17(16)14-9-12(2)10-15(11-14)24(7-5-20)8-6-21/h9-11,17H,4-8H2,1-3H3,(H2,22,23,27)/t17-/m0/s1. The summed E-state index contributed by atoms with van der Waals surface area (Å²) in [5, 5.41) is 6.69. The van der Waals surface area contributed by atoms with E-state index < -0.39 is 0 Å². The van der Waals surface area contributed by atoms with Crippen molar-refractivity contribution in [3.05, 3.63) is 40.6 Å². The minimum absolute atomic E-state index is 0.311. The van der Waals surface area contributed by atoms with Gasteiger partial charge in [0.15, 0.2) is 5.11 Å². The van der Waals surface area contributed by atoms with Gasteiger partial charge in [-0.25, -0.2) is 4.79 Å². The number of alkyl halides is 2. The number of aryl methyl sites for hydroxylation is 1. The van der Waals surface area contributed by atoms with E-state index in [0.29, 0.717) is 47.8 Å². The first kappa shape index (κ1) is 21.8. The largest absolute Gasteiger partial charge is 0.463 e. The van der Waals surface area contributed by atoms with Gasteiger partial charge in [-0.15, -0.1) is 23.2 Å². The van der Waals surface area contributed by atoms with Gasteiger partial charge in [0.2, 0.25) is 0 Å². The number of nitrogens with one attached hydrogen (secondary N) is 2. The van der Waals surface area contributed by atoms with E-state index in [1.165, 1.54) is 0 Å². The summed E-state index contributed by atoms with van der Waals surface area (Å²) in [5.74, 6) is 0.648. The van der Waals surface area contributed by atoms with Crippen LogP contribution < -0.4 is 15.5 Å². The Labute approximate surface area is 176 Å². The molecule has 0 unspecified atom stereocenters. The second kappa shape index (κ2) is 10.2. The molecule has 0 bridgehead atoms. The molecule has 148 valence electrons. The second-order valence-corrected chi connectivity index (χ2v) is 7.42. The number of halogens is 2. The maximum atomic E-state index is 12.6. The molecular weight excluding hydrogens is 405 g/mol. The Kier molecular flexibility index (Phi) is 8.20. The highest BCUT2D eigenvalue weighted by atomic mass is 35.5. The monoisotopic (exact) mass is 429 g/mol. The van der Waals surface area contributed by atoms with Gasteiger partial charge in [-0.3, -0.25) is 0 Å². The van der Waals surface area contributed by atoms with Gasteiger partial charge in [0.25, 0.3) is 0 Å². The minimum Gasteiger partial charge on any atom is -0.463 e. The van der Waals surface area contributed by atoms with Crippen LogP contribution in [-0.4, -0.2) is 42.5 Å². The maximum Gasteiger partial charge on any atom is 0.338 e. The molecule has 0 saturated heterocycles. The van der Waals surface area contributed by atoms with Crippen LogP contribution in [0.3, 0.4) is 0 Å². The van der Waals surface area contributed by atoms with Gasteiger partial charge in [0.05, 0.1) is 18.2 Å². The van der Waals surface area contributed by atoms with E-state index in [1.54, 1.807) is 6.92 Å². The molecule has 27 heavy (non-hydrogen) atoms. The lowest BCUT2D eigenvalue weighted by molar-refractivity contribution is -0.139. The number of hydrogen-bond donors (Lipinski definition) is 2. The van der Waals surface area contributed by atoms with E-state index in [1.807, 2.05) is 26.0 Å². The summed E-state index contributed by atoms with van der Waals surface area (Å²) in [4.78, 5) is 14.7. The van der Waals surface area contributed by atoms with Crippen molar-refractivity contribution in [3.63, 3.8) is 0 Å². The van der Waals surface area contributed by atoms with Crippen molar-refractivity contribution in [2.45, 2.75) is 26.8 Å². The Morgan fingerprint density at radius 1 is 1.22 bits per heavy atom. The van der Waals surface area contributed by atoms with E-state index in [0.717, 1.165) is 16.8 Å². The topological polar surface area (TPSA) is 53.6 Å². The van der Waals surface area contributed by atoms with Crippen LogP contribution in [0.2, 0.25) is 0 Å². The zero-order valence-electron chi connectivity index (χ0n) is 15.8. The number of carbonyl (C=O) groups excluding carboxylic acids is 1. The number of nitrogens with zero attached hydrogens (tertiary/aromatic N) is 1. The summed E-state index contributed by atoms with van der Waals surface area (Å²) in [6.07, 6.45) is 0. The summed E-state index contributed by atoms with van der Waals surface area (Å²) >= 11 is 17.2. The SMILES string of the molecule is CCOC(=O)C1=C(C)NC(=S)N[C@H]1c1cc(C)cc(N(CCCl)CCCl)c1. The van der Waals surface area contributed by atoms with Crippen molar-refractivity contribution in [2.24, 2.45) is 0 Å². The molecule has 0 saturated carbocycles. The number of hydrogen-bond acceptors (Lipinski definition) is 4. The van der Waals surface area contributed by atoms with Gasteiger partial charge < -0.3 is 20.3 Å². The first-order valence-electron chi connectivity index (χ1n) is 8.85. The average Bonchev–Trinajstić information content (AvgIpc) is 2.60. The highest BCUT2D eigenvalue weighted by molar-refractivity contribution is 7.80. The molecule has 2 N–H and O–H groups in total. The van der Waals surface area contributed by atoms with Crippen LogP contribution in [0.1, 0.15) is 31.0 Å². The number of rotatable bonds is 8. The lowest BCUT2D eigenvalue weighted by atomic mass is 9.94. The third-order valence-electron chi connectivity index (χ3n) is 4.26. The van der Waals surface area contributed by atoms with E-state index in [4.69, 9.17) is 40.2 Å². The summed E-state index contributed by atoms with van der Waals surface area (Å²) < 4.78 is 5.26. The van der Waals surface area contributed by atoms with Crippen molar-refractivity contribution in [3.8, 4) is 0 Å². The zero-order chi connectivity index (χ0) is 20.0. The molecule has 8 heteroatoms. The van der Waals surface area contributed by atoms with Gasteiger partial charge in [0.1, 0.15) is 0 Å². The predicted octanol–water partition coefficient (Wildman–Crippen LogP) is 3.63. The van der Waals surface area contributed by atoms with Crippen LogP contribution in [0.4, 0.5) is 5.69 Å². The molecule has 0 aliphatic carbocycles. The molecule has 1 aromatic carbocycles. The molecule has 5 nitrogen and oxygen atoms in total. The number of benzene rings is 1. The summed E-state index contributed by atoms with van der Waals surface area (Å²) in [5.41, 5.74) is 4.25. The van der Waals surface area contributed by atoms with Crippen LogP contribution in [0.25, 0.3) is 0 Å². The Balaban J connectivity index is 2.49. The lowest BCUT2D eigenvalue weighted by Gasteiger charge is -2.31.